The molecule has 0 bridgehead atoms. The van der Waals surface area contributed by atoms with Crippen LogP contribution in [0.25, 0.3) is 32.2 Å². The van der Waals surface area contributed by atoms with Crippen molar-refractivity contribution < 1.29 is 4.79 Å². The van der Waals surface area contributed by atoms with E-state index in [1.807, 2.05) is 49.5 Å². The maximum Gasteiger partial charge on any atom is 0.213 e. The molecular weight excluding hydrogens is 292 g/mol. The molecule has 0 atom stereocenters. The molecule has 0 amide bonds. The number of fused-ring (bicyclic) bond motifs is 4. The van der Waals surface area contributed by atoms with Gasteiger partial charge in [0.2, 0.25) is 5.78 Å². The zero-order valence-corrected chi connectivity index (χ0v) is 12.6. The summed E-state index contributed by atoms with van der Waals surface area (Å²) in [5.74, 6) is 0.00982. The molecule has 4 heteroatoms. The third-order valence-electron chi connectivity index (χ3n) is 4.14. The van der Waals surface area contributed by atoms with Crippen molar-refractivity contribution in [3.05, 3.63) is 58.7 Å². The Labute approximate surface area is 130 Å². The SMILES string of the molecule is Cc1cc2c(s1)-c1nccc3c1c(nc1ccccc13)C2=O. The van der Waals surface area contributed by atoms with Crippen LogP contribution in [0.5, 0.6) is 0 Å². The summed E-state index contributed by atoms with van der Waals surface area (Å²) in [4.78, 5) is 24.1. The second-order valence-corrected chi connectivity index (χ2v) is 6.74. The van der Waals surface area contributed by atoms with Crippen LogP contribution in [0, 0.1) is 6.92 Å². The molecule has 3 nitrogen and oxygen atoms in total. The lowest BCUT2D eigenvalue weighted by Gasteiger charge is -2.16. The van der Waals surface area contributed by atoms with Crippen LogP contribution in [-0.2, 0) is 0 Å². The Morgan fingerprint density at radius 2 is 1.91 bits per heavy atom. The lowest BCUT2D eigenvalue weighted by atomic mass is 9.92. The topological polar surface area (TPSA) is 42.9 Å². The number of hydrogen-bond donors (Lipinski definition) is 0. The molecule has 0 unspecified atom stereocenters. The lowest BCUT2D eigenvalue weighted by Crippen LogP contribution is -2.11. The molecule has 0 radical (unpaired) electrons. The number of ketones is 1. The second kappa shape index (κ2) is 3.99. The number of aryl methyl sites for hydroxylation is 1. The Bertz CT molecular complexity index is 1110. The first-order valence-corrected chi connectivity index (χ1v) is 7.88. The smallest absolute Gasteiger partial charge is 0.213 e. The lowest BCUT2D eigenvalue weighted by molar-refractivity contribution is 0.103. The quantitative estimate of drug-likeness (QED) is 0.399. The number of aromatic nitrogens is 2. The number of carbonyl (C=O) groups is 1. The zero-order valence-electron chi connectivity index (χ0n) is 11.8. The molecule has 0 aliphatic heterocycles. The summed E-state index contributed by atoms with van der Waals surface area (Å²) < 4.78 is 0. The molecule has 0 saturated carbocycles. The van der Waals surface area contributed by atoms with Gasteiger partial charge in [0, 0.05) is 27.4 Å². The van der Waals surface area contributed by atoms with E-state index < -0.39 is 0 Å². The van der Waals surface area contributed by atoms with E-state index in [-0.39, 0.29) is 5.78 Å². The molecule has 5 rings (SSSR count). The highest BCUT2D eigenvalue weighted by atomic mass is 32.1. The molecule has 3 heterocycles. The van der Waals surface area contributed by atoms with E-state index in [9.17, 15) is 4.79 Å². The molecule has 0 fully saturated rings. The summed E-state index contributed by atoms with van der Waals surface area (Å²) in [5, 5.41) is 3.01. The Morgan fingerprint density at radius 1 is 1.05 bits per heavy atom. The number of nitrogens with zero attached hydrogens (tertiary/aromatic N) is 2. The molecule has 4 aromatic rings. The molecule has 0 saturated heterocycles. The van der Waals surface area contributed by atoms with Gasteiger partial charge in [0.15, 0.2) is 0 Å². The Morgan fingerprint density at radius 3 is 2.82 bits per heavy atom. The summed E-state index contributed by atoms with van der Waals surface area (Å²) >= 11 is 1.62. The third-order valence-corrected chi connectivity index (χ3v) is 5.20. The molecular formula is C18H10N2OS. The number of para-hydroxylation sites is 1. The predicted octanol–water partition coefficient (Wildman–Crippen LogP) is 4.36. The first-order chi connectivity index (χ1) is 10.7. The highest BCUT2D eigenvalue weighted by molar-refractivity contribution is 7.16. The van der Waals surface area contributed by atoms with Gasteiger partial charge in [0.25, 0.3) is 0 Å². The van der Waals surface area contributed by atoms with Crippen molar-refractivity contribution in [2.24, 2.45) is 0 Å². The molecule has 1 aliphatic carbocycles. The van der Waals surface area contributed by atoms with Crippen LogP contribution in [-0.4, -0.2) is 15.8 Å². The highest BCUT2D eigenvalue weighted by Crippen LogP contribution is 2.43. The van der Waals surface area contributed by atoms with Gasteiger partial charge in [-0.05, 0) is 30.5 Å². The van der Waals surface area contributed by atoms with Crippen molar-refractivity contribution in [2.45, 2.75) is 6.92 Å². The normalized spacial score (nSPS) is 12.9. The molecule has 0 spiro atoms. The predicted molar refractivity (Wildman–Crippen MR) is 88.5 cm³/mol. The van der Waals surface area contributed by atoms with Crippen LogP contribution in [0.15, 0.2) is 42.6 Å². The Kier molecular flexibility index (Phi) is 2.18. The van der Waals surface area contributed by atoms with Crippen molar-refractivity contribution in [2.75, 3.05) is 0 Å². The third kappa shape index (κ3) is 1.37. The van der Waals surface area contributed by atoms with E-state index in [0.29, 0.717) is 5.69 Å². The van der Waals surface area contributed by atoms with Crippen molar-refractivity contribution in [3.63, 3.8) is 0 Å². The van der Waals surface area contributed by atoms with Gasteiger partial charge in [-0.2, -0.15) is 0 Å². The van der Waals surface area contributed by atoms with Crippen molar-refractivity contribution in [1.29, 1.82) is 0 Å². The molecule has 104 valence electrons. The maximum atomic E-state index is 12.9. The number of carbonyl (C=O) groups excluding carboxylic acids is 1. The van der Waals surface area contributed by atoms with Crippen molar-refractivity contribution in [3.8, 4) is 10.6 Å². The van der Waals surface area contributed by atoms with Gasteiger partial charge in [-0.25, -0.2) is 4.98 Å². The maximum absolute atomic E-state index is 12.9. The van der Waals surface area contributed by atoms with Gasteiger partial charge in [0.1, 0.15) is 5.69 Å². The monoisotopic (exact) mass is 302 g/mol. The Balaban J connectivity index is 2.08. The van der Waals surface area contributed by atoms with Gasteiger partial charge < -0.3 is 0 Å². The van der Waals surface area contributed by atoms with E-state index in [4.69, 9.17) is 0 Å². The fraction of sp³-hybridized carbons (Fsp3) is 0.0556. The van der Waals surface area contributed by atoms with E-state index in [2.05, 4.69) is 9.97 Å². The van der Waals surface area contributed by atoms with Crippen LogP contribution in [0.1, 0.15) is 20.9 Å². The van der Waals surface area contributed by atoms with Crippen molar-refractivity contribution >= 4 is 38.8 Å². The molecule has 3 aromatic heterocycles. The fourth-order valence-corrected chi connectivity index (χ4v) is 4.24. The summed E-state index contributed by atoms with van der Waals surface area (Å²) in [5.41, 5.74) is 3.00. The van der Waals surface area contributed by atoms with E-state index >= 15 is 0 Å². The minimum absolute atomic E-state index is 0.00982. The van der Waals surface area contributed by atoms with E-state index in [1.165, 1.54) is 0 Å². The average molecular weight is 302 g/mol. The van der Waals surface area contributed by atoms with Gasteiger partial charge >= 0.3 is 0 Å². The highest BCUT2D eigenvalue weighted by Gasteiger charge is 2.30. The van der Waals surface area contributed by atoms with Crippen molar-refractivity contribution in [1.82, 2.24) is 9.97 Å². The fourth-order valence-electron chi connectivity index (χ4n) is 3.22. The minimum atomic E-state index is 0.00982. The van der Waals surface area contributed by atoms with Crippen LogP contribution >= 0.6 is 11.3 Å². The summed E-state index contributed by atoms with van der Waals surface area (Å²) in [7, 11) is 0. The number of rotatable bonds is 0. The summed E-state index contributed by atoms with van der Waals surface area (Å²) in [6.45, 7) is 2.02. The van der Waals surface area contributed by atoms with E-state index in [0.717, 1.165) is 42.7 Å². The number of thiophene rings is 1. The summed E-state index contributed by atoms with van der Waals surface area (Å²) in [6, 6.07) is 11.9. The van der Waals surface area contributed by atoms with E-state index in [1.54, 1.807) is 11.3 Å². The molecule has 1 aromatic carbocycles. The molecule has 1 aliphatic rings. The van der Waals surface area contributed by atoms with Crippen LogP contribution < -0.4 is 0 Å². The minimum Gasteiger partial charge on any atom is -0.287 e. The molecule has 0 N–H and O–H groups in total. The average Bonchev–Trinajstić information content (AvgIpc) is 2.94. The standard InChI is InChI=1S/C18H10N2OS/c1-9-8-12-17(21)15-14-11(6-7-19-16(14)18(12)22-9)10-4-2-3-5-13(10)20-15/h2-8H,1H3. The van der Waals surface area contributed by atoms with Gasteiger partial charge in [-0.3, -0.25) is 9.78 Å². The largest absolute Gasteiger partial charge is 0.287 e. The van der Waals surface area contributed by atoms with Gasteiger partial charge in [-0.15, -0.1) is 11.3 Å². The Hall–Kier alpha value is -2.59. The van der Waals surface area contributed by atoms with Crippen LogP contribution in [0.3, 0.4) is 0 Å². The number of pyridine rings is 2. The second-order valence-electron chi connectivity index (χ2n) is 5.49. The number of hydrogen-bond acceptors (Lipinski definition) is 4. The molecule has 22 heavy (non-hydrogen) atoms. The van der Waals surface area contributed by atoms with Gasteiger partial charge in [0.05, 0.1) is 16.1 Å². The zero-order chi connectivity index (χ0) is 14.8. The van der Waals surface area contributed by atoms with Crippen LogP contribution in [0.2, 0.25) is 0 Å². The first-order valence-electron chi connectivity index (χ1n) is 7.07. The first kappa shape index (κ1) is 12.0. The van der Waals surface area contributed by atoms with Crippen LogP contribution in [0.4, 0.5) is 0 Å². The van der Waals surface area contributed by atoms with Gasteiger partial charge in [-0.1, -0.05) is 18.2 Å². The summed E-state index contributed by atoms with van der Waals surface area (Å²) in [6.07, 6.45) is 1.82. The number of benzene rings is 1.